The van der Waals surface area contributed by atoms with Gasteiger partial charge in [0.2, 0.25) is 0 Å². The molecule has 3 rings (SSSR count). The van der Waals surface area contributed by atoms with Gasteiger partial charge in [0.15, 0.2) is 5.78 Å². The Hall–Kier alpha value is -1.37. The maximum absolute atomic E-state index is 12.4. The van der Waals surface area contributed by atoms with Gasteiger partial charge in [-0.15, -0.1) is 0 Å². The van der Waals surface area contributed by atoms with E-state index < -0.39 is 0 Å². The Kier molecular flexibility index (Phi) is 2.84. The number of allylic oxidation sites excluding steroid dienone is 2. The fourth-order valence-corrected chi connectivity index (χ4v) is 2.83. The molecule has 0 radical (unpaired) electrons. The topological polar surface area (TPSA) is 17.1 Å². The fourth-order valence-electron chi connectivity index (χ4n) is 2.83. The van der Waals surface area contributed by atoms with E-state index in [0.29, 0.717) is 5.92 Å². The van der Waals surface area contributed by atoms with Crippen molar-refractivity contribution in [1.29, 1.82) is 0 Å². The number of hydrogen-bond acceptors (Lipinski definition) is 1. The molecular formula is C16H18O. The smallest absolute Gasteiger partial charge is 0.188 e. The minimum atomic E-state index is 0.282. The number of carbonyl (C=O) groups is 1. The summed E-state index contributed by atoms with van der Waals surface area (Å²) in [7, 11) is 0. The average molecular weight is 226 g/mol. The Morgan fingerprint density at radius 3 is 2.59 bits per heavy atom. The van der Waals surface area contributed by atoms with Crippen molar-refractivity contribution >= 4 is 5.78 Å². The summed E-state index contributed by atoms with van der Waals surface area (Å²) in [5.41, 5.74) is 3.29. The summed E-state index contributed by atoms with van der Waals surface area (Å²) in [6.07, 6.45) is 9.14. The van der Waals surface area contributed by atoms with Crippen molar-refractivity contribution in [2.24, 2.45) is 0 Å². The monoisotopic (exact) mass is 226 g/mol. The van der Waals surface area contributed by atoms with E-state index in [9.17, 15) is 4.79 Å². The molecule has 1 fully saturated rings. The van der Waals surface area contributed by atoms with E-state index in [2.05, 4.69) is 18.2 Å². The number of carbonyl (C=O) groups excluding carboxylic acids is 1. The molecule has 2 aliphatic carbocycles. The Labute approximate surface area is 103 Å². The highest BCUT2D eigenvalue weighted by Crippen LogP contribution is 2.38. The lowest BCUT2D eigenvalue weighted by molar-refractivity contribution is 0.103. The number of ketones is 1. The van der Waals surface area contributed by atoms with Crippen LogP contribution >= 0.6 is 0 Å². The zero-order valence-corrected chi connectivity index (χ0v) is 10.1. The molecule has 1 heteroatoms. The van der Waals surface area contributed by atoms with Gasteiger partial charge in [0, 0.05) is 5.56 Å². The summed E-state index contributed by atoms with van der Waals surface area (Å²) in [5.74, 6) is 0.919. The van der Waals surface area contributed by atoms with Gasteiger partial charge < -0.3 is 0 Å². The SMILES string of the molecule is O=C(C1=CCCC1)c1ccccc1C1CCC1. The number of hydrogen-bond donors (Lipinski definition) is 0. The van der Waals surface area contributed by atoms with Crippen LogP contribution in [0.25, 0.3) is 0 Å². The predicted octanol–water partition coefficient (Wildman–Crippen LogP) is 4.25. The minimum Gasteiger partial charge on any atom is -0.289 e. The van der Waals surface area contributed by atoms with E-state index >= 15 is 0 Å². The molecular weight excluding hydrogens is 208 g/mol. The standard InChI is InChI=1S/C16H18O/c17-16(13-6-1-2-7-13)15-11-4-3-10-14(15)12-8-5-9-12/h3-4,6,10-12H,1-2,5,7-9H2. The van der Waals surface area contributed by atoms with Crippen LogP contribution in [0, 0.1) is 0 Å². The lowest BCUT2D eigenvalue weighted by Crippen LogP contribution is -2.14. The molecule has 1 aromatic carbocycles. The first-order valence-electron chi connectivity index (χ1n) is 6.69. The van der Waals surface area contributed by atoms with Crippen LogP contribution in [-0.2, 0) is 0 Å². The highest BCUT2D eigenvalue weighted by molar-refractivity contribution is 6.10. The van der Waals surface area contributed by atoms with E-state index in [0.717, 1.165) is 30.4 Å². The van der Waals surface area contributed by atoms with Crippen molar-refractivity contribution < 1.29 is 4.79 Å². The van der Waals surface area contributed by atoms with Crippen LogP contribution in [0.4, 0.5) is 0 Å². The van der Waals surface area contributed by atoms with E-state index in [1.54, 1.807) is 0 Å². The second-order valence-electron chi connectivity index (χ2n) is 5.17. The van der Waals surface area contributed by atoms with Crippen LogP contribution in [0.5, 0.6) is 0 Å². The fraction of sp³-hybridized carbons (Fsp3) is 0.438. The van der Waals surface area contributed by atoms with Gasteiger partial charge in [0.05, 0.1) is 0 Å². The Balaban J connectivity index is 1.93. The van der Waals surface area contributed by atoms with Gasteiger partial charge in [-0.25, -0.2) is 0 Å². The molecule has 88 valence electrons. The second-order valence-corrected chi connectivity index (χ2v) is 5.17. The van der Waals surface area contributed by atoms with Crippen LogP contribution in [0.2, 0.25) is 0 Å². The Morgan fingerprint density at radius 2 is 1.94 bits per heavy atom. The predicted molar refractivity (Wildman–Crippen MR) is 69.3 cm³/mol. The van der Waals surface area contributed by atoms with Crippen LogP contribution in [0.1, 0.15) is 60.4 Å². The molecule has 1 nitrogen and oxygen atoms in total. The quantitative estimate of drug-likeness (QED) is 0.704. The van der Waals surface area contributed by atoms with Gasteiger partial charge in [-0.3, -0.25) is 4.79 Å². The van der Waals surface area contributed by atoms with Crippen molar-refractivity contribution in [2.75, 3.05) is 0 Å². The molecule has 0 atom stereocenters. The van der Waals surface area contributed by atoms with Crippen LogP contribution in [0.3, 0.4) is 0 Å². The van der Waals surface area contributed by atoms with Crippen LogP contribution in [0.15, 0.2) is 35.9 Å². The van der Waals surface area contributed by atoms with Crippen molar-refractivity contribution in [3.8, 4) is 0 Å². The molecule has 0 bridgehead atoms. The zero-order chi connectivity index (χ0) is 11.7. The minimum absolute atomic E-state index is 0.282. The lowest BCUT2D eigenvalue weighted by Gasteiger charge is -2.27. The molecule has 0 amide bonds. The molecule has 0 N–H and O–H groups in total. The number of rotatable bonds is 3. The summed E-state index contributed by atoms with van der Waals surface area (Å²) in [6.45, 7) is 0. The molecule has 0 aliphatic heterocycles. The first-order valence-corrected chi connectivity index (χ1v) is 6.69. The highest BCUT2D eigenvalue weighted by Gasteiger charge is 2.25. The van der Waals surface area contributed by atoms with Crippen molar-refractivity contribution in [3.05, 3.63) is 47.0 Å². The lowest BCUT2D eigenvalue weighted by atomic mass is 9.77. The van der Waals surface area contributed by atoms with Gasteiger partial charge in [0.25, 0.3) is 0 Å². The second kappa shape index (κ2) is 4.48. The molecule has 0 aromatic heterocycles. The maximum atomic E-state index is 12.4. The Morgan fingerprint density at radius 1 is 1.12 bits per heavy atom. The maximum Gasteiger partial charge on any atom is 0.188 e. The molecule has 17 heavy (non-hydrogen) atoms. The van der Waals surface area contributed by atoms with Gasteiger partial charge in [0.1, 0.15) is 0 Å². The molecule has 1 saturated carbocycles. The van der Waals surface area contributed by atoms with Crippen molar-refractivity contribution in [2.45, 2.75) is 44.4 Å². The summed E-state index contributed by atoms with van der Waals surface area (Å²) in [6, 6.07) is 8.21. The third-order valence-electron chi connectivity index (χ3n) is 4.08. The van der Waals surface area contributed by atoms with E-state index in [1.165, 1.54) is 24.8 Å². The summed E-state index contributed by atoms with van der Waals surface area (Å²) >= 11 is 0. The first kappa shape index (κ1) is 10.8. The average Bonchev–Trinajstić information content (AvgIpc) is 2.80. The normalized spacial score (nSPS) is 19.9. The molecule has 0 saturated heterocycles. The molecule has 0 spiro atoms. The van der Waals surface area contributed by atoms with E-state index in [-0.39, 0.29) is 5.78 Å². The van der Waals surface area contributed by atoms with E-state index in [1.807, 2.05) is 12.1 Å². The largest absolute Gasteiger partial charge is 0.289 e. The van der Waals surface area contributed by atoms with Crippen LogP contribution in [-0.4, -0.2) is 5.78 Å². The molecule has 1 aromatic rings. The van der Waals surface area contributed by atoms with Gasteiger partial charge in [-0.05, 0) is 49.2 Å². The molecule has 0 unspecified atom stereocenters. The molecule has 0 heterocycles. The summed E-state index contributed by atoms with van der Waals surface area (Å²) in [5, 5.41) is 0. The number of benzene rings is 1. The van der Waals surface area contributed by atoms with Crippen LogP contribution < -0.4 is 0 Å². The van der Waals surface area contributed by atoms with Gasteiger partial charge in [-0.2, -0.15) is 0 Å². The van der Waals surface area contributed by atoms with Crippen molar-refractivity contribution in [3.63, 3.8) is 0 Å². The van der Waals surface area contributed by atoms with Crippen molar-refractivity contribution in [1.82, 2.24) is 0 Å². The third-order valence-corrected chi connectivity index (χ3v) is 4.08. The molecule has 2 aliphatic rings. The van der Waals surface area contributed by atoms with E-state index in [4.69, 9.17) is 0 Å². The first-order chi connectivity index (χ1) is 8.36. The highest BCUT2D eigenvalue weighted by atomic mass is 16.1. The summed E-state index contributed by atoms with van der Waals surface area (Å²) < 4.78 is 0. The number of Topliss-reactive ketones (excluding diaryl/α,β-unsaturated/α-hetero) is 1. The summed E-state index contributed by atoms with van der Waals surface area (Å²) in [4.78, 5) is 12.4. The third kappa shape index (κ3) is 1.95. The van der Waals surface area contributed by atoms with Gasteiger partial charge >= 0.3 is 0 Å². The van der Waals surface area contributed by atoms with Gasteiger partial charge in [-0.1, -0.05) is 36.8 Å². The Bertz CT molecular complexity index is 466. The zero-order valence-electron chi connectivity index (χ0n) is 10.1.